The van der Waals surface area contributed by atoms with Crippen LogP contribution in [0.1, 0.15) is 6.42 Å². The quantitative estimate of drug-likeness (QED) is 0.746. The molecule has 5 nitrogen and oxygen atoms in total. The van der Waals surface area contributed by atoms with Crippen molar-refractivity contribution < 1.29 is 0 Å². The molecule has 5 heteroatoms. The largest absolute Gasteiger partial charge is 0.328 e. The Hall–Kier alpha value is -1.88. The summed E-state index contributed by atoms with van der Waals surface area (Å²) >= 11 is 0. The number of para-hydroxylation sites is 1. The lowest BCUT2D eigenvalue weighted by Crippen LogP contribution is -2.31. The molecule has 0 fully saturated rings. The van der Waals surface area contributed by atoms with E-state index in [0.717, 1.165) is 13.0 Å². The second-order valence-corrected chi connectivity index (χ2v) is 3.89. The Morgan fingerprint density at radius 1 is 1.29 bits per heavy atom. The second kappa shape index (κ2) is 4.97. The molecule has 0 unspecified atom stereocenters. The molecule has 2 N–H and O–H groups in total. The summed E-state index contributed by atoms with van der Waals surface area (Å²) in [6.45, 7) is 1.43. The highest BCUT2D eigenvalue weighted by Crippen LogP contribution is 2.06. The predicted octanol–water partition coefficient (Wildman–Crippen LogP) is 0.299. The van der Waals surface area contributed by atoms with Crippen molar-refractivity contribution in [3.8, 4) is 0 Å². The van der Waals surface area contributed by atoms with E-state index in [2.05, 4.69) is 10.3 Å². The Kier molecular flexibility index (Phi) is 3.39. The highest BCUT2D eigenvalue weighted by molar-refractivity contribution is 5.77. The monoisotopic (exact) mass is 233 g/mol. The summed E-state index contributed by atoms with van der Waals surface area (Å²) in [5.41, 5.74) is 0.0256. The molecule has 0 aliphatic heterocycles. The zero-order chi connectivity index (χ0) is 12.3. The highest BCUT2D eigenvalue weighted by Gasteiger charge is 2.05. The topological polar surface area (TPSA) is 66.9 Å². The van der Waals surface area contributed by atoms with Crippen LogP contribution in [-0.4, -0.2) is 23.1 Å². The maximum Gasteiger partial charge on any atom is 0.328 e. The molecule has 2 rings (SSSR count). The maximum absolute atomic E-state index is 11.7. The molecule has 1 heterocycles. The van der Waals surface area contributed by atoms with Crippen molar-refractivity contribution in [2.75, 3.05) is 13.6 Å². The molecule has 0 saturated heterocycles. The number of benzene rings is 1. The number of aromatic nitrogens is 2. The average Bonchev–Trinajstić information content (AvgIpc) is 2.33. The lowest BCUT2D eigenvalue weighted by molar-refractivity contribution is 0.602. The van der Waals surface area contributed by atoms with Crippen molar-refractivity contribution in [3.63, 3.8) is 0 Å². The molecular formula is C12H15N3O2. The number of nitrogens with one attached hydrogen (secondary N) is 2. The Bertz CT molecular complexity index is 627. The highest BCUT2D eigenvalue weighted by atomic mass is 16.2. The van der Waals surface area contributed by atoms with E-state index in [1.807, 2.05) is 13.1 Å². The Morgan fingerprint density at radius 3 is 2.82 bits per heavy atom. The normalized spacial score (nSPS) is 10.9. The molecule has 2 aromatic rings. The van der Waals surface area contributed by atoms with Gasteiger partial charge < -0.3 is 5.32 Å². The minimum atomic E-state index is -0.343. The first-order valence-corrected chi connectivity index (χ1v) is 5.60. The first-order valence-electron chi connectivity index (χ1n) is 5.60. The second-order valence-electron chi connectivity index (χ2n) is 3.89. The molecule has 0 radical (unpaired) electrons. The molecule has 90 valence electrons. The van der Waals surface area contributed by atoms with E-state index >= 15 is 0 Å². The first kappa shape index (κ1) is 11.6. The SMILES string of the molecule is CNCCCn1c(=O)[nH]c(=O)c2ccccc21. The maximum atomic E-state index is 11.7. The summed E-state index contributed by atoms with van der Waals surface area (Å²) in [5, 5.41) is 3.58. The number of rotatable bonds is 4. The third-order valence-corrected chi connectivity index (χ3v) is 2.71. The van der Waals surface area contributed by atoms with Gasteiger partial charge in [0, 0.05) is 6.54 Å². The first-order chi connectivity index (χ1) is 8.24. The summed E-state index contributed by atoms with van der Waals surface area (Å²) in [4.78, 5) is 25.7. The van der Waals surface area contributed by atoms with Gasteiger partial charge in [-0.2, -0.15) is 0 Å². The molecule has 0 aliphatic rings. The van der Waals surface area contributed by atoms with Crippen LogP contribution >= 0.6 is 0 Å². The van der Waals surface area contributed by atoms with E-state index in [-0.39, 0.29) is 11.2 Å². The molecule has 0 amide bonds. The molecule has 0 saturated carbocycles. The molecule has 17 heavy (non-hydrogen) atoms. The van der Waals surface area contributed by atoms with E-state index in [1.165, 1.54) is 0 Å². The van der Waals surface area contributed by atoms with Gasteiger partial charge in [0.25, 0.3) is 5.56 Å². The number of hydrogen-bond donors (Lipinski definition) is 2. The number of aryl methyl sites for hydroxylation is 1. The van der Waals surface area contributed by atoms with Crippen LogP contribution < -0.4 is 16.6 Å². The van der Waals surface area contributed by atoms with Crippen molar-refractivity contribution in [2.45, 2.75) is 13.0 Å². The average molecular weight is 233 g/mol. The van der Waals surface area contributed by atoms with Gasteiger partial charge in [0.2, 0.25) is 0 Å². The Morgan fingerprint density at radius 2 is 2.06 bits per heavy atom. The fourth-order valence-corrected chi connectivity index (χ4v) is 1.88. The van der Waals surface area contributed by atoms with Crippen LogP contribution in [0.5, 0.6) is 0 Å². The van der Waals surface area contributed by atoms with Crippen molar-refractivity contribution in [1.82, 2.24) is 14.9 Å². The summed E-state index contributed by atoms with van der Waals surface area (Å²) in [7, 11) is 1.87. The molecule has 1 aromatic heterocycles. The van der Waals surface area contributed by atoms with Gasteiger partial charge in [-0.1, -0.05) is 12.1 Å². The number of H-pyrrole nitrogens is 1. The molecule has 0 spiro atoms. The molecule has 1 aromatic carbocycles. The van der Waals surface area contributed by atoms with Crippen molar-refractivity contribution in [3.05, 3.63) is 45.1 Å². The summed E-state index contributed by atoms with van der Waals surface area (Å²) in [6.07, 6.45) is 0.840. The van der Waals surface area contributed by atoms with Gasteiger partial charge in [0.15, 0.2) is 0 Å². The third kappa shape index (κ3) is 2.29. The molecule has 0 bridgehead atoms. The van der Waals surface area contributed by atoms with Gasteiger partial charge in [-0.25, -0.2) is 4.79 Å². The van der Waals surface area contributed by atoms with Crippen LogP contribution in [0.15, 0.2) is 33.9 Å². The van der Waals surface area contributed by atoms with E-state index in [4.69, 9.17) is 0 Å². The van der Waals surface area contributed by atoms with Gasteiger partial charge >= 0.3 is 5.69 Å². The van der Waals surface area contributed by atoms with Crippen LogP contribution in [0.4, 0.5) is 0 Å². The lowest BCUT2D eigenvalue weighted by Gasteiger charge is -2.08. The number of aromatic amines is 1. The minimum absolute atomic E-state index is 0.324. The van der Waals surface area contributed by atoms with Crippen molar-refractivity contribution in [2.24, 2.45) is 0 Å². The minimum Gasteiger partial charge on any atom is -0.320 e. The van der Waals surface area contributed by atoms with Crippen LogP contribution in [0.3, 0.4) is 0 Å². The van der Waals surface area contributed by atoms with Crippen LogP contribution in [0.25, 0.3) is 10.9 Å². The van der Waals surface area contributed by atoms with Crippen LogP contribution in [0.2, 0.25) is 0 Å². The fourth-order valence-electron chi connectivity index (χ4n) is 1.88. The van der Waals surface area contributed by atoms with Crippen molar-refractivity contribution >= 4 is 10.9 Å². The number of fused-ring (bicyclic) bond motifs is 1. The fraction of sp³-hybridized carbons (Fsp3) is 0.333. The molecule has 0 aliphatic carbocycles. The van der Waals surface area contributed by atoms with Crippen LogP contribution in [0, 0.1) is 0 Å². The summed E-state index contributed by atoms with van der Waals surface area (Å²) in [5.74, 6) is 0. The summed E-state index contributed by atoms with van der Waals surface area (Å²) < 4.78 is 1.61. The van der Waals surface area contributed by atoms with E-state index in [0.29, 0.717) is 17.4 Å². The Balaban J connectivity index is 2.54. The van der Waals surface area contributed by atoms with Gasteiger partial charge in [-0.05, 0) is 32.1 Å². The number of hydrogen-bond acceptors (Lipinski definition) is 3. The summed E-state index contributed by atoms with van der Waals surface area (Å²) in [6, 6.07) is 7.14. The van der Waals surface area contributed by atoms with E-state index < -0.39 is 0 Å². The molecule has 0 atom stereocenters. The van der Waals surface area contributed by atoms with E-state index in [1.54, 1.807) is 22.8 Å². The van der Waals surface area contributed by atoms with Gasteiger partial charge in [0.1, 0.15) is 0 Å². The molecular weight excluding hydrogens is 218 g/mol. The van der Waals surface area contributed by atoms with Gasteiger partial charge in [-0.15, -0.1) is 0 Å². The van der Waals surface area contributed by atoms with E-state index in [9.17, 15) is 9.59 Å². The smallest absolute Gasteiger partial charge is 0.320 e. The van der Waals surface area contributed by atoms with Gasteiger partial charge in [0.05, 0.1) is 10.9 Å². The van der Waals surface area contributed by atoms with Crippen molar-refractivity contribution in [1.29, 1.82) is 0 Å². The van der Waals surface area contributed by atoms with Gasteiger partial charge in [-0.3, -0.25) is 14.3 Å². The Labute approximate surface area is 98.1 Å². The zero-order valence-corrected chi connectivity index (χ0v) is 9.69. The lowest BCUT2D eigenvalue weighted by atomic mass is 10.2. The third-order valence-electron chi connectivity index (χ3n) is 2.71. The standard InChI is InChI=1S/C12H15N3O2/c1-13-7-4-8-15-10-6-3-2-5-9(10)11(16)14-12(15)17/h2-3,5-6,13H,4,7-8H2,1H3,(H,14,16,17). The zero-order valence-electron chi connectivity index (χ0n) is 9.69. The predicted molar refractivity (Wildman–Crippen MR) is 67.4 cm³/mol. The number of nitrogens with zero attached hydrogens (tertiary/aromatic N) is 1. The van der Waals surface area contributed by atoms with Crippen LogP contribution in [-0.2, 0) is 6.54 Å².